The monoisotopic (exact) mass is 364 g/mol. The normalized spacial score (nSPS) is 15.1. The van der Waals surface area contributed by atoms with Crippen LogP contribution in [0.3, 0.4) is 0 Å². The third-order valence-electron chi connectivity index (χ3n) is 4.77. The van der Waals surface area contributed by atoms with Gasteiger partial charge in [-0.2, -0.15) is 4.98 Å². The smallest absolute Gasteiger partial charge is 0.227 e. The van der Waals surface area contributed by atoms with Crippen molar-refractivity contribution in [2.24, 2.45) is 0 Å². The minimum Gasteiger partial charge on any atom is -0.360 e. The molecule has 27 heavy (non-hydrogen) atoms. The molecular weight excluding hydrogens is 340 g/mol. The first-order valence-electron chi connectivity index (χ1n) is 9.33. The highest BCUT2D eigenvalue weighted by molar-refractivity contribution is 5.66. The predicted octanol–water partition coefficient (Wildman–Crippen LogP) is 3.33. The molecule has 1 aliphatic rings. The van der Waals surface area contributed by atoms with Crippen LogP contribution in [-0.4, -0.2) is 52.7 Å². The van der Waals surface area contributed by atoms with E-state index in [1.165, 1.54) is 0 Å². The molecule has 3 heterocycles. The second-order valence-electron chi connectivity index (χ2n) is 6.67. The zero-order valence-corrected chi connectivity index (χ0v) is 15.7. The van der Waals surface area contributed by atoms with E-state index in [4.69, 9.17) is 14.5 Å². The van der Waals surface area contributed by atoms with E-state index in [1.54, 1.807) is 0 Å². The number of hydrogen-bond acceptors (Lipinski definition) is 7. The molecular formula is C20H24N6O. The average molecular weight is 364 g/mol. The Hall–Kier alpha value is -2.93. The molecule has 0 radical (unpaired) electrons. The van der Waals surface area contributed by atoms with Gasteiger partial charge in [-0.25, -0.2) is 4.98 Å². The van der Waals surface area contributed by atoms with Crippen molar-refractivity contribution in [2.45, 2.75) is 13.8 Å². The van der Waals surface area contributed by atoms with E-state index in [0.29, 0.717) is 11.6 Å². The number of aromatic nitrogens is 3. The summed E-state index contributed by atoms with van der Waals surface area (Å²) in [6.45, 7) is 9.05. The molecule has 0 atom stereocenters. The maximum absolute atomic E-state index is 5.15. The lowest BCUT2D eigenvalue weighted by molar-refractivity contribution is 0.270. The summed E-state index contributed by atoms with van der Waals surface area (Å²) in [6, 6.07) is 14.0. The summed E-state index contributed by atoms with van der Waals surface area (Å²) in [6.07, 6.45) is 0. The van der Waals surface area contributed by atoms with Crippen molar-refractivity contribution in [3.8, 4) is 11.3 Å². The number of benzene rings is 1. The van der Waals surface area contributed by atoms with Gasteiger partial charge in [-0.15, -0.1) is 0 Å². The van der Waals surface area contributed by atoms with Crippen LogP contribution in [-0.2, 0) is 0 Å². The van der Waals surface area contributed by atoms with Crippen molar-refractivity contribution in [2.75, 3.05) is 42.9 Å². The number of piperazine rings is 1. The van der Waals surface area contributed by atoms with Crippen LogP contribution in [0.5, 0.6) is 0 Å². The lowest BCUT2D eigenvalue weighted by Crippen LogP contribution is -2.46. The van der Waals surface area contributed by atoms with E-state index in [9.17, 15) is 0 Å². The van der Waals surface area contributed by atoms with Crippen molar-refractivity contribution < 1.29 is 4.52 Å². The highest BCUT2D eigenvalue weighted by atomic mass is 16.5. The zero-order chi connectivity index (χ0) is 18.6. The third-order valence-corrected chi connectivity index (χ3v) is 4.77. The molecule has 0 spiro atoms. The maximum atomic E-state index is 5.15. The summed E-state index contributed by atoms with van der Waals surface area (Å²) in [5, 5.41) is 7.25. The molecule has 0 saturated carbocycles. The Morgan fingerprint density at radius 2 is 1.78 bits per heavy atom. The van der Waals surface area contributed by atoms with Gasteiger partial charge >= 0.3 is 0 Å². The quantitative estimate of drug-likeness (QED) is 0.744. The summed E-state index contributed by atoms with van der Waals surface area (Å²) >= 11 is 0. The van der Waals surface area contributed by atoms with Crippen molar-refractivity contribution >= 4 is 17.6 Å². The summed E-state index contributed by atoms with van der Waals surface area (Å²) in [5.41, 5.74) is 1.95. The number of nitrogens with one attached hydrogen (secondary N) is 1. The SMILES string of the molecule is CCN1CCN(c2nc(Nc3cc(C)on3)cc(-c3ccccc3)n2)CC1. The van der Waals surface area contributed by atoms with Gasteiger partial charge in [0.25, 0.3) is 0 Å². The van der Waals surface area contributed by atoms with Crippen molar-refractivity contribution in [3.05, 3.63) is 48.2 Å². The minimum atomic E-state index is 0.645. The molecule has 0 amide bonds. The molecule has 1 aromatic carbocycles. The van der Waals surface area contributed by atoms with Gasteiger partial charge in [-0.05, 0) is 13.5 Å². The van der Waals surface area contributed by atoms with Gasteiger partial charge < -0.3 is 19.6 Å². The molecule has 2 aromatic heterocycles. The fraction of sp³-hybridized carbons (Fsp3) is 0.350. The van der Waals surface area contributed by atoms with Gasteiger partial charge in [0.1, 0.15) is 11.6 Å². The molecule has 1 saturated heterocycles. The molecule has 1 fully saturated rings. The number of rotatable bonds is 5. The number of likely N-dealkylation sites (N-methyl/N-ethyl adjacent to an activating group) is 1. The van der Waals surface area contributed by atoms with E-state index in [1.807, 2.05) is 37.3 Å². The van der Waals surface area contributed by atoms with E-state index in [-0.39, 0.29) is 0 Å². The largest absolute Gasteiger partial charge is 0.360 e. The summed E-state index contributed by atoms with van der Waals surface area (Å²) in [4.78, 5) is 14.3. The van der Waals surface area contributed by atoms with Crippen molar-refractivity contribution in [3.63, 3.8) is 0 Å². The van der Waals surface area contributed by atoms with Crippen LogP contribution in [0, 0.1) is 6.92 Å². The van der Waals surface area contributed by atoms with Crippen LogP contribution >= 0.6 is 0 Å². The van der Waals surface area contributed by atoms with Gasteiger partial charge in [0.05, 0.1) is 5.69 Å². The van der Waals surface area contributed by atoms with Crippen LogP contribution in [0.15, 0.2) is 47.0 Å². The fourth-order valence-electron chi connectivity index (χ4n) is 3.22. The third kappa shape index (κ3) is 4.09. The van der Waals surface area contributed by atoms with E-state index in [0.717, 1.165) is 55.7 Å². The van der Waals surface area contributed by atoms with Crippen LogP contribution in [0.2, 0.25) is 0 Å². The standard InChI is InChI=1S/C20H24N6O/c1-3-25-9-11-26(12-10-25)20-21-17(16-7-5-4-6-8-16)14-18(23-20)22-19-13-15(2)27-24-19/h4-8,13-14H,3,9-12H2,1-2H3,(H,21,22,23,24). The van der Waals surface area contributed by atoms with Gasteiger partial charge in [0.15, 0.2) is 5.82 Å². The Morgan fingerprint density at radius 1 is 1.00 bits per heavy atom. The fourth-order valence-corrected chi connectivity index (χ4v) is 3.22. The number of anilines is 3. The molecule has 0 aliphatic carbocycles. The van der Waals surface area contributed by atoms with E-state index >= 15 is 0 Å². The average Bonchev–Trinajstić information content (AvgIpc) is 3.13. The maximum Gasteiger partial charge on any atom is 0.227 e. The molecule has 7 heteroatoms. The Labute approximate surface area is 159 Å². The molecule has 140 valence electrons. The molecule has 1 N–H and O–H groups in total. The lowest BCUT2D eigenvalue weighted by Gasteiger charge is -2.34. The van der Waals surface area contributed by atoms with Gasteiger partial charge in [-0.3, -0.25) is 0 Å². The molecule has 3 aromatic rings. The van der Waals surface area contributed by atoms with Gasteiger partial charge in [-0.1, -0.05) is 42.4 Å². The Bertz CT molecular complexity index is 886. The first kappa shape index (κ1) is 17.5. The second kappa shape index (κ2) is 7.75. The minimum absolute atomic E-state index is 0.645. The topological polar surface area (TPSA) is 70.3 Å². The number of nitrogens with zero attached hydrogens (tertiary/aromatic N) is 5. The predicted molar refractivity (Wildman–Crippen MR) is 106 cm³/mol. The van der Waals surface area contributed by atoms with Crippen LogP contribution in [0.25, 0.3) is 11.3 Å². The van der Waals surface area contributed by atoms with Gasteiger partial charge in [0, 0.05) is 43.9 Å². The Morgan fingerprint density at radius 3 is 2.44 bits per heavy atom. The molecule has 4 rings (SSSR count). The highest BCUT2D eigenvalue weighted by Crippen LogP contribution is 2.25. The van der Waals surface area contributed by atoms with Gasteiger partial charge in [0.2, 0.25) is 5.95 Å². The molecule has 0 unspecified atom stereocenters. The second-order valence-corrected chi connectivity index (χ2v) is 6.67. The molecule has 7 nitrogen and oxygen atoms in total. The number of aryl methyl sites for hydroxylation is 1. The van der Waals surface area contributed by atoms with Crippen molar-refractivity contribution in [1.82, 2.24) is 20.0 Å². The molecule has 1 aliphatic heterocycles. The summed E-state index contributed by atoms with van der Waals surface area (Å²) < 4.78 is 5.15. The first-order chi connectivity index (χ1) is 13.2. The molecule has 0 bridgehead atoms. The lowest BCUT2D eigenvalue weighted by atomic mass is 10.1. The number of hydrogen-bond donors (Lipinski definition) is 1. The highest BCUT2D eigenvalue weighted by Gasteiger charge is 2.19. The Kier molecular flexibility index (Phi) is 5.02. The summed E-state index contributed by atoms with van der Waals surface area (Å²) in [7, 11) is 0. The van der Waals surface area contributed by atoms with Crippen LogP contribution in [0.1, 0.15) is 12.7 Å². The van der Waals surface area contributed by atoms with Crippen LogP contribution < -0.4 is 10.2 Å². The van der Waals surface area contributed by atoms with Crippen molar-refractivity contribution in [1.29, 1.82) is 0 Å². The van der Waals surface area contributed by atoms with E-state index in [2.05, 4.69) is 39.3 Å². The Balaban J connectivity index is 1.66. The summed E-state index contributed by atoms with van der Waals surface area (Å²) in [5.74, 6) is 2.86. The van der Waals surface area contributed by atoms with Crippen LogP contribution in [0.4, 0.5) is 17.6 Å². The first-order valence-corrected chi connectivity index (χ1v) is 9.33. The van der Waals surface area contributed by atoms with E-state index < -0.39 is 0 Å². The zero-order valence-electron chi connectivity index (χ0n) is 15.7.